The maximum Gasteiger partial charge on any atom is 0.0491 e. The fraction of sp³-hybridized carbons (Fsp3) is 0. The van der Waals surface area contributed by atoms with Crippen LogP contribution in [0, 0.1) is 6.42 Å². The van der Waals surface area contributed by atoms with Crippen molar-refractivity contribution in [2.75, 3.05) is 0 Å². The molecule has 1 heterocycles. The zero-order valence-electron chi connectivity index (χ0n) is 7.72. The minimum Gasteiger partial charge on any atom is -0.324 e. The van der Waals surface area contributed by atoms with E-state index in [0.29, 0.717) is 0 Å². The Morgan fingerprint density at radius 2 is 1.64 bits per heavy atom. The number of fused-ring (bicyclic) bond motifs is 1. The van der Waals surface area contributed by atoms with Gasteiger partial charge >= 0.3 is 0 Å². The minimum absolute atomic E-state index is 1.26. The molecule has 14 heavy (non-hydrogen) atoms. The van der Waals surface area contributed by atoms with Gasteiger partial charge < -0.3 is 4.57 Å². The molecule has 0 saturated carbocycles. The van der Waals surface area contributed by atoms with Crippen LogP contribution in [0.4, 0.5) is 0 Å². The number of hydrogen-bond donors (Lipinski definition) is 0. The van der Waals surface area contributed by atoms with Crippen LogP contribution < -0.4 is 0 Å². The highest BCUT2D eigenvalue weighted by atomic mass is 15.0. The summed E-state index contributed by atoms with van der Waals surface area (Å²) in [6.07, 6.45) is 8.46. The first-order valence-corrected chi connectivity index (χ1v) is 4.73. The second kappa shape index (κ2) is 2.88. The highest BCUT2D eigenvalue weighted by Crippen LogP contribution is 2.29. The van der Waals surface area contributed by atoms with Crippen molar-refractivity contribution >= 4 is 5.70 Å². The number of aromatic nitrogens is 1. The molecule has 2 aromatic rings. The van der Waals surface area contributed by atoms with E-state index >= 15 is 0 Å². The number of benzene rings is 1. The molecule has 0 bridgehead atoms. The van der Waals surface area contributed by atoms with Crippen molar-refractivity contribution in [2.45, 2.75) is 0 Å². The maximum atomic E-state index is 2.16. The van der Waals surface area contributed by atoms with Crippen LogP contribution >= 0.6 is 0 Å². The van der Waals surface area contributed by atoms with Gasteiger partial charge in [0, 0.05) is 30.1 Å². The third-order valence-electron chi connectivity index (χ3n) is 2.54. The first kappa shape index (κ1) is 7.63. The first-order valence-electron chi connectivity index (χ1n) is 4.73. The Morgan fingerprint density at radius 1 is 0.857 bits per heavy atom. The molecule has 0 fully saturated rings. The van der Waals surface area contributed by atoms with Gasteiger partial charge in [0.2, 0.25) is 0 Å². The predicted molar refractivity (Wildman–Crippen MR) is 57.7 cm³/mol. The molecule has 1 aliphatic rings. The van der Waals surface area contributed by atoms with E-state index in [4.69, 9.17) is 0 Å². The van der Waals surface area contributed by atoms with E-state index in [1.165, 1.54) is 16.8 Å². The van der Waals surface area contributed by atoms with Gasteiger partial charge in [0.05, 0.1) is 0 Å². The average molecular weight is 180 g/mol. The van der Waals surface area contributed by atoms with Crippen LogP contribution in [0.25, 0.3) is 5.70 Å². The molecular formula is C13H10N. The Balaban J connectivity index is 2.14. The molecule has 1 radical (unpaired) electrons. The van der Waals surface area contributed by atoms with Crippen LogP contribution in [0.3, 0.4) is 0 Å². The molecule has 1 aromatic carbocycles. The summed E-state index contributed by atoms with van der Waals surface area (Å²) in [7, 11) is 0. The van der Waals surface area contributed by atoms with Crippen LogP contribution in [0.1, 0.15) is 11.1 Å². The summed E-state index contributed by atoms with van der Waals surface area (Å²) in [5, 5.41) is 0. The molecular weight excluding hydrogens is 170 g/mol. The smallest absolute Gasteiger partial charge is 0.0491 e. The zero-order valence-corrected chi connectivity index (χ0v) is 7.72. The SMILES string of the molecule is [CH]1C=C(n2cccc2)c2ccccc21. The molecule has 1 nitrogen and oxygen atoms in total. The number of allylic oxidation sites excluding steroid dienone is 1. The Hall–Kier alpha value is -1.76. The molecule has 0 spiro atoms. The van der Waals surface area contributed by atoms with Crippen molar-refractivity contribution < 1.29 is 0 Å². The van der Waals surface area contributed by atoms with Gasteiger partial charge in [-0.3, -0.25) is 0 Å². The number of hydrogen-bond acceptors (Lipinski definition) is 0. The average Bonchev–Trinajstić information content (AvgIpc) is 2.85. The Labute approximate surface area is 83.3 Å². The van der Waals surface area contributed by atoms with Crippen LogP contribution in [0.2, 0.25) is 0 Å². The van der Waals surface area contributed by atoms with Crippen molar-refractivity contribution in [2.24, 2.45) is 0 Å². The monoisotopic (exact) mass is 180 g/mol. The lowest BCUT2D eigenvalue weighted by Crippen LogP contribution is -1.92. The van der Waals surface area contributed by atoms with Gasteiger partial charge in [0.25, 0.3) is 0 Å². The fourth-order valence-corrected chi connectivity index (χ4v) is 1.85. The van der Waals surface area contributed by atoms with Gasteiger partial charge in [-0.25, -0.2) is 0 Å². The van der Waals surface area contributed by atoms with E-state index in [-0.39, 0.29) is 0 Å². The van der Waals surface area contributed by atoms with E-state index in [0.717, 1.165) is 0 Å². The summed E-state index contributed by atoms with van der Waals surface area (Å²) in [6.45, 7) is 0. The largest absolute Gasteiger partial charge is 0.324 e. The normalized spacial score (nSPS) is 13.9. The standard InChI is InChI=1S/C13H10N/c1-2-6-12-11(5-1)7-8-13(12)14-9-3-4-10-14/h1-10H. The molecule has 1 aromatic heterocycles. The van der Waals surface area contributed by atoms with Crippen LogP contribution in [-0.2, 0) is 0 Å². The van der Waals surface area contributed by atoms with Crippen molar-refractivity contribution in [3.8, 4) is 0 Å². The molecule has 67 valence electrons. The second-order valence-electron chi connectivity index (χ2n) is 3.40. The third kappa shape index (κ3) is 1.02. The lowest BCUT2D eigenvalue weighted by molar-refractivity contribution is 1.12. The summed E-state index contributed by atoms with van der Waals surface area (Å²) >= 11 is 0. The molecule has 0 unspecified atom stereocenters. The highest BCUT2D eigenvalue weighted by Gasteiger charge is 2.13. The molecule has 0 N–H and O–H groups in total. The predicted octanol–water partition coefficient (Wildman–Crippen LogP) is 2.94. The minimum atomic E-state index is 1.26. The van der Waals surface area contributed by atoms with Crippen LogP contribution in [0.15, 0.2) is 54.9 Å². The quantitative estimate of drug-likeness (QED) is 0.636. The summed E-state index contributed by atoms with van der Waals surface area (Å²) in [4.78, 5) is 0. The van der Waals surface area contributed by atoms with Gasteiger partial charge in [-0.1, -0.05) is 30.3 Å². The van der Waals surface area contributed by atoms with Crippen LogP contribution in [-0.4, -0.2) is 4.57 Å². The molecule has 1 heteroatoms. The van der Waals surface area contributed by atoms with Crippen molar-refractivity contribution in [3.05, 3.63) is 72.4 Å². The van der Waals surface area contributed by atoms with E-state index in [2.05, 4.69) is 53.7 Å². The summed E-state index contributed by atoms with van der Waals surface area (Å²) in [5.74, 6) is 0. The molecule has 0 atom stereocenters. The molecule has 0 saturated heterocycles. The molecule has 3 rings (SSSR count). The van der Waals surface area contributed by atoms with Crippen molar-refractivity contribution in [3.63, 3.8) is 0 Å². The summed E-state index contributed by atoms with van der Waals surface area (Å²) < 4.78 is 2.14. The van der Waals surface area contributed by atoms with Crippen LogP contribution in [0.5, 0.6) is 0 Å². The maximum absolute atomic E-state index is 2.16. The lowest BCUT2D eigenvalue weighted by Gasteiger charge is -2.06. The van der Waals surface area contributed by atoms with Gasteiger partial charge in [-0.15, -0.1) is 0 Å². The topological polar surface area (TPSA) is 4.93 Å². The summed E-state index contributed by atoms with van der Waals surface area (Å²) in [5.41, 5.74) is 3.87. The lowest BCUT2D eigenvalue weighted by atomic mass is 10.1. The van der Waals surface area contributed by atoms with E-state index in [9.17, 15) is 0 Å². The Kier molecular flexibility index (Phi) is 1.57. The number of nitrogens with zero attached hydrogens (tertiary/aromatic N) is 1. The number of rotatable bonds is 1. The first-order chi connectivity index (χ1) is 6.95. The van der Waals surface area contributed by atoms with E-state index < -0.39 is 0 Å². The molecule has 0 aliphatic heterocycles. The van der Waals surface area contributed by atoms with E-state index in [1.54, 1.807) is 0 Å². The molecule has 1 aliphatic carbocycles. The Bertz CT molecular complexity index is 478. The third-order valence-corrected chi connectivity index (χ3v) is 2.54. The van der Waals surface area contributed by atoms with Gasteiger partial charge in [0.1, 0.15) is 0 Å². The van der Waals surface area contributed by atoms with Crippen molar-refractivity contribution in [1.29, 1.82) is 0 Å². The van der Waals surface area contributed by atoms with Gasteiger partial charge in [-0.2, -0.15) is 0 Å². The van der Waals surface area contributed by atoms with E-state index in [1.807, 2.05) is 12.1 Å². The molecule has 0 amide bonds. The zero-order chi connectivity index (χ0) is 9.38. The second-order valence-corrected chi connectivity index (χ2v) is 3.40. The Morgan fingerprint density at radius 3 is 2.50 bits per heavy atom. The fourth-order valence-electron chi connectivity index (χ4n) is 1.85. The van der Waals surface area contributed by atoms with Gasteiger partial charge in [0.15, 0.2) is 0 Å². The summed E-state index contributed by atoms with van der Waals surface area (Å²) in [6, 6.07) is 12.5. The van der Waals surface area contributed by atoms with Gasteiger partial charge in [-0.05, 0) is 17.7 Å². The highest BCUT2D eigenvalue weighted by molar-refractivity contribution is 5.76. The van der Waals surface area contributed by atoms with Crippen molar-refractivity contribution in [1.82, 2.24) is 4.57 Å².